The molecule has 5 heteroatoms. The van der Waals surface area contributed by atoms with Gasteiger partial charge in [-0.3, -0.25) is 10.1 Å². The number of nitrogens with zero attached hydrogens (tertiary/aromatic N) is 1. The highest BCUT2D eigenvalue weighted by Crippen LogP contribution is 2.35. The van der Waals surface area contributed by atoms with Crippen LogP contribution >= 0.6 is 15.9 Å². The Labute approximate surface area is 135 Å². The Bertz CT molecular complexity index is 471. The first-order valence-electron chi connectivity index (χ1n) is 7.42. The third-order valence-electron chi connectivity index (χ3n) is 3.69. The Hall–Kier alpha value is -1.10. The van der Waals surface area contributed by atoms with Gasteiger partial charge in [0.05, 0.1) is 11.5 Å². The van der Waals surface area contributed by atoms with Crippen molar-refractivity contribution in [1.82, 2.24) is 0 Å². The van der Waals surface area contributed by atoms with Crippen LogP contribution in [-0.4, -0.2) is 16.9 Å². The van der Waals surface area contributed by atoms with E-state index in [1.54, 1.807) is 12.1 Å². The molecule has 0 atom stereocenters. The molecule has 0 saturated heterocycles. The predicted molar refractivity (Wildman–Crippen MR) is 89.4 cm³/mol. The first kappa shape index (κ1) is 18.0. The molecule has 0 heterocycles. The van der Waals surface area contributed by atoms with Crippen molar-refractivity contribution < 1.29 is 9.66 Å². The van der Waals surface area contributed by atoms with E-state index in [4.69, 9.17) is 4.74 Å². The van der Waals surface area contributed by atoms with Crippen LogP contribution in [0.1, 0.15) is 45.1 Å². The lowest BCUT2D eigenvalue weighted by Gasteiger charge is -2.31. The van der Waals surface area contributed by atoms with E-state index in [1.165, 1.54) is 0 Å². The monoisotopic (exact) mass is 357 g/mol. The summed E-state index contributed by atoms with van der Waals surface area (Å²) in [4.78, 5) is 10.8. The van der Waals surface area contributed by atoms with Gasteiger partial charge in [-0.25, -0.2) is 0 Å². The zero-order valence-corrected chi connectivity index (χ0v) is 14.6. The van der Waals surface area contributed by atoms with Crippen molar-refractivity contribution in [2.75, 3.05) is 11.9 Å². The van der Waals surface area contributed by atoms with E-state index in [-0.39, 0.29) is 16.0 Å². The molecule has 0 radical (unpaired) electrons. The van der Waals surface area contributed by atoms with Gasteiger partial charge in [0.15, 0.2) is 5.75 Å². The standard InChI is InChI=1S/C16H24BrNO3/c1-4-8-16(11-17,9-5-2)12-21-15-7-6-13(3)10-14(15)18(19)20/h6-7,10H,4-5,8-9,11-12H2,1-3H3. The first-order chi connectivity index (χ1) is 9.98. The van der Waals surface area contributed by atoms with Gasteiger partial charge in [0.25, 0.3) is 0 Å². The fourth-order valence-electron chi connectivity index (χ4n) is 2.63. The zero-order valence-electron chi connectivity index (χ0n) is 13.0. The Balaban J connectivity index is 2.92. The van der Waals surface area contributed by atoms with Gasteiger partial charge < -0.3 is 4.74 Å². The van der Waals surface area contributed by atoms with Gasteiger partial charge in [-0.1, -0.05) is 48.7 Å². The van der Waals surface area contributed by atoms with E-state index >= 15 is 0 Å². The number of benzene rings is 1. The lowest BCUT2D eigenvalue weighted by atomic mass is 9.82. The number of hydrogen-bond acceptors (Lipinski definition) is 3. The average Bonchev–Trinajstić information content (AvgIpc) is 2.46. The van der Waals surface area contributed by atoms with Crippen molar-refractivity contribution in [3.05, 3.63) is 33.9 Å². The highest BCUT2D eigenvalue weighted by Gasteiger charge is 2.29. The lowest BCUT2D eigenvalue weighted by molar-refractivity contribution is -0.386. The van der Waals surface area contributed by atoms with Crippen LogP contribution in [0.5, 0.6) is 5.75 Å². The molecule has 1 aromatic rings. The van der Waals surface area contributed by atoms with Crippen LogP contribution in [0.25, 0.3) is 0 Å². The molecule has 0 saturated carbocycles. The lowest BCUT2D eigenvalue weighted by Crippen LogP contribution is -2.30. The molecule has 0 aliphatic heterocycles. The van der Waals surface area contributed by atoms with Crippen molar-refractivity contribution >= 4 is 21.6 Å². The molecule has 0 fully saturated rings. The minimum atomic E-state index is -0.377. The number of nitro groups is 1. The van der Waals surface area contributed by atoms with Crippen molar-refractivity contribution in [1.29, 1.82) is 0 Å². The third-order valence-corrected chi connectivity index (χ3v) is 4.88. The van der Waals surface area contributed by atoms with Gasteiger partial charge in [0.1, 0.15) is 0 Å². The Morgan fingerprint density at radius 2 is 1.90 bits per heavy atom. The Morgan fingerprint density at radius 1 is 1.29 bits per heavy atom. The van der Waals surface area contributed by atoms with Crippen LogP contribution in [0.15, 0.2) is 18.2 Å². The molecule has 0 spiro atoms. The summed E-state index contributed by atoms with van der Waals surface area (Å²) in [5.41, 5.74) is 0.955. The second-order valence-electron chi connectivity index (χ2n) is 5.65. The summed E-state index contributed by atoms with van der Waals surface area (Å²) >= 11 is 3.59. The first-order valence-corrected chi connectivity index (χ1v) is 8.54. The molecular weight excluding hydrogens is 334 g/mol. The molecule has 1 aromatic carbocycles. The molecule has 21 heavy (non-hydrogen) atoms. The summed E-state index contributed by atoms with van der Waals surface area (Å²) in [7, 11) is 0. The van der Waals surface area contributed by atoms with Crippen LogP contribution < -0.4 is 4.74 Å². The topological polar surface area (TPSA) is 52.4 Å². The molecule has 0 unspecified atom stereocenters. The van der Waals surface area contributed by atoms with Crippen LogP contribution in [0.4, 0.5) is 5.69 Å². The summed E-state index contributed by atoms with van der Waals surface area (Å²) < 4.78 is 5.84. The van der Waals surface area contributed by atoms with Crippen LogP contribution in [0.2, 0.25) is 0 Å². The molecule has 0 bridgehead atoms. The number of rotatable bonds is 9. The normalized spacial score (nSPS) is 11.4. The Kier molecular flexibility index (Phi) is 7.15. The molecule has 0 aliphatic rings. The van der Waals surface area contributed by atoms with E-state index in [2.05, 4.69) is 29.8 Å². The van der Waals surface area contributed by atoms with E-state index in [0.717, 1.165) is 36.6 Å². The maximum atomic E-state index is 11.1. The molecule has 0 N–H and O–H groups in total. The van der Waals surface area contributed by atoms with Gasteiger partial charge in [-0.05, 0) is 31.4 Å². The number of halogens is 1. The molecule has 118 valence electrons. The van der Waals surface area contributed by atoms with Gasteiger partial charge in [-0.2, -0.15) is 0 Å². The zero-order chi connectivity index (χ0) is 15.9. The molecule has 0 amide bonds. The molecule has 4 nitrogen and oxygen atoms in total. The van der Waals surface area contributed by atoms with Crippen molar-refractivity contribution in [3.63, 3.8) is 0 Å². The van der Waals surface area contributed by atoms with E-state index in [0.29, 0.717) is 12.4 Å². The van der Waals surface area contributed by atoms with E-state index in [1.807, 2.05) is 13.0 Å². The second kappa shape index (κ2) is 8.37. The summed E-state index contributed by atoms with van der Waals surface area (Å²) in [5, 5.41) is 12.0. The van der Waals surface area contributed by atoms with E-state index < -0.39 is 0 Å². The number of nitro benzene ring substituents is 1. The molecular formula is C16H24BrNO3. The van der Waals surface area contributed by atoms with Gasteiger partial charge in [0, 0.05) is 16.8 Å². The van der Waals surface area contributed by atoms with E-state index in [9.17, 15) is 10.1 Å². The van der Waals surface area contributed by atoms with Gasteiger partial charge >= 0.3 is 5.69 Å². The van der Waals surface area contributed by atoms with Gasteiger partial charge in [0.2, 0.25) is 0 Å². The number of ether oxygens (including phenoxy) is 1. The van der Waals surface area contributed by atoms with Crippen molar-refractivity contribution in [2.24, 2.45) is 5.41 Å². The maximum absolute atomic E-state index is 11.1. The van der Waals surface area contributed by atoms with Crippen LogP contribution in [0, 0.1) is 22.5 Å². The summed E-state index contributed by atoms with van der Waals surface area (Å²) in [6.45, 7) is 6.65. The summed E-state index contributed by atoms with van der Waals surface area (Å²) in [6.07, 6.45) is 4.24. The minimum Gasteiger partial charge on any atom is -0.486 e. The SMILES string of the molecule is CCCC(CBr)(CCC)COc1ccc(C)cc1[N+](=O)[O-]. The highest BCUT2D eigenvalue weighted by molar-refractivity contribution is 9.09. The quantitative estimate of drug-likeness (QED) is 0.344. The highest BCUT2D eigenvalue weighted by atomic mass is 79.9. The van der Waals surface area contributed by atoms with Crippen LogP contribution in [-0.2, 0) is 0 Å². The minimum absolute atomic E-state index is 0.0439. The average molecular weight is 358 g/mol. The second-order valence-corrected chi connectivity index (χ2v) is 6.21. The number of alkyl halides is 1. The van der Waals surface area contributed by atoms with Crippen LogP contribution in [0.3, 0.4) is 0 Å². The fraction of sp³-hybridized carbons (Fsp3) is 0.625. The smallest absolute Gasteiger partial charge is 0.311 e. The molecule has 0 aromatic heterocycles. The fourth-order valence-corrected chi connectivity index (χ4v) is 3.35. The van der Waals surface area contributed by atoms with Crippen molar-refractivity contribution in [3.8, 4) is 5.75 Å². The number of aryl methyl sites for hydroxylation is 1. The largest absolute Gasteiger partial charge is 0.486 e. The Morgan fingerprint density at radius 3 is 2.38 bits per heavy atom. The van der Waals surface area contributed by atoms with Crippen molar-refractivity contribution in [2.45, 2.75) is 46.5 Å². The molecule has 0 aliphatic carbocycles. The third kappa shape index (κ3) is 4.99. The summed E-state index contributed by atoms with van der Waals surface area (Å²) in [5.74, 6) is 0.364. The maximum Gasteiger partial charge on any atom is 0.311 e. The molecule has 1 rings (SSSR count). The predicted octanol–water partition coefficient (Wildman–Crippen LogP) is 5.26. The summed E-state index contributed by atoms with van der Waals surface area (Å²) in [6, 6.07) is 5.10. The number of hydrogen-bond donors (Lipinski definition) is 0. The van der Waals surface area contributed by atoms with Gasteiger partial charge in [-0.15, -0.1) is 0 Å².